The van der Waals surface area contributed by atoms with Crippen molar-refractivity contribution in [2.24, 2.45) is 5.92 Å². The zero-order valence-corrected chi connectivity index (χ0v) is 13.0. The molecule has 0 aliphatic rings. The van der Waals surface area contributed by atoms with Crippen molar-refractivity contribution in [2.45, 2.75) is 39.3 Å². The van der Waals surface area contributed by atoms with E-state index >= 15 is 0 Å². The molecule has 0 fully saturated rings. The maximum absolute atomic E-state index is 12.4. The molecule has 2 amide bonds. The number of halogens is 3. The van der Waals surface area contributed by atoms with Gasteiger partial charge in [0.1, 0.15) is 0 Å². The Morgan fingerprint density at radius 1 is 1.09 bits per heavy atom. The minimum absolute atomic E-state index is 0.240. The number of rotatable bonds is 7. The van der Waals surface area contributed by atoms with Gasteiger partial charge in [0.25, 0.3) is 0 Å². The van der Waals surface area contributed by atoms with Crippen LogP contribution in [0.5, 0.6) is 0 Å². The largest absolute Gasteiger partial charge is 0.416 e. The molecule has 0 aromatic heterocycles. The molecular weight excluding hydrogens is 293 g/mol. The van der Waals surface area contributed by atoms with Crippen LogP contribution in [0, 0.1) is 5.92 Å². The molecule has 0 saturated heterocycles. The lowest BCUT2D eigenvalue weighted by molar-refractivity contribution is -0.137. The molecule has 1 aromatic carbocycles. The average molecular weight is 316 g/mol. The van der Waals surface area contributed by atoms with Crippen molar-refractivity contribution in [1.29, 1.82) is 0 Å². The molecule has 1 aromatic rings. The summed E-state index contributed by atoms with van der Waals surface area (Å²) < 4.78 is 37.2. The molecule has 0 aliphatic heterocycles. The van der Waals surface area contributed by atoms with Crippen molar-refractivity contribution in [1.82, 2.24) is 10.6 Å². The van der Waals surface area contributed by atoms with E-state index in [2.05, 4.69) is 24.5 Å². The highest BCUT2D eigenvalue weighted by Gasteiger charge is 2.29. The van der Waals surface area contributed by atoms with Crippen LogP contribution in [0.3, 0.4) is 0 Å². The van der Waals surface area contributed by atoms with Crippen molar-refractivity contribution in [3.8, 4) is 0 Å². The fraction of sp³-hybridized carbons (Fsp3) is 0.562. The summed E-state index contributed by atoms with van der Waals surface area (Å²) in [5.74, 6) is 0.615. The summed E-state index contributed by atoms with van der Waals surface area (Å²) in [6.07, 6.45) is -1.82. The van der Waals surface area contributed by atoms with E-state index in [1.807, 2.05) is 0 Å². The Kier molecular flexibility index (Phi) is 7.21. The molecule has 124 valence electrons. The number of hydrogen-bond donors (Lipinski definition) is 2. The molecule has 2 N–H and O–H groups in total. The molecular formula is C16H23F3N2O. The molecule has 0 heterocycles. The first-order valence-corrected chi connectivity index (χ1v) is 7.47. The average Bonchev–Trinajstić information content (AvgIpc) is 2.43. The van der Waals surface area contributed by atoms with Gasteiger partial charge in [0, 0.05) is 13.1 Å². The zero-order valence-electron chi connectivity index (χ0n) is 13.0. The van der Waals surface area contributed by atoms with Gasteiger partial charge in [0.15, 0.2) is 0 Å². The number of carbonyl (C=O) groups excluding carboxylic acids is 1. The highest BCUT2D eigenvalue weighted by molar-refractivity contribution is 5.73. The molecule has 0 unspecified atom stereocenters. The van der Waals surface area contributed by atoms with Crippen molar-refractivity contribution < 1.29 is 18.0 Å². The van der Waals surface area contributed by atoms with Crippen LogP contribution < -0.4 is 10.6 Å². The second-order valence-corrected chi connectivity index (χ2v) is 5.66. The van der Waals surface area contributed by atoms with Gasteiger partial charge in [0.2, 0.25) is 0 Å². The number of hydrogen-bond acceptors (Lipinski definition) is 1. The first-order valence-electron chi connectivity index (χ1n) is 7.47. The lowest BCUT2D eigenvalue weighted by Crippen LogP contribution is -2.37. The van der Waals surface area contributed by atoms with E-state index in [1.165, 1.54) is 12.1 Å². The Labute approximate surface area is 129 Å². The number of carbonyl (C=O) groups is 1. The number of alkyl halides is 3. The predicted octanol–water partition coefficient (Wildman–Crippen LogP) is 3.98. The highest BCUT2D eigenvalue weighted by atomic mass is 19.4. The second kappa shape index (κ2) is 8.66. The Morgan fingerprint density at radius 2 is 1.68 bits per heavy atom. The van der Waals surface area contributed by atoms with Gasteiger partial charge in [-0.15, -0.1) is 0 Å². The maximum Gasteiger partial charge on any atom is 0.416 e. The standard InChI is InChI=1S/C16H23F3N2O/c1-12(2)4-3-10-20-15(22)21-11-9-13-5-7-14(8-6-13)16(17,18)19/h5-8,12H,3-4,9-11H2,1-2H3,(H2,20,21,22). The van der Waals surface area contributed by atoms with E-state index in [0.717, 1.165) is 30.5 Å². The van der Waals surface area contributed by atoms with Crippen LogP contribution in [0.15, 0.2) is 24.3 Å². The molecule has 0 saturated carbocycles. The third kappa shape index (κ3) is 7.33. The van der Waals surface area contributed by atoms with Gasteiger partial charge in [-0.3, -0.25) is 0 Å². The smallest absolute Gasteiger partial charge is 0.338 e. The van der Waals surface area contributed by atoms with Crippen LogP contribution in [-0.4, -0.2) is 19.1 Å². The SMILES string of the molecule is CC(C)CCCNC(=O)NCCc1ccc(C(F)(F)F)cc1. The monoisotopic (exact) mass is 316 g/mol. The fourth-order valence-electron chi connectivity index (χ4n) is 1.96. The molecule has 0 atom stereocenters. The van der Waals surface area contributed by atoms with Gasteiger partial charge in [-0.25, -0.2) is 4.79 Å². The molecule has 0 radical (unpaired) electrons. The summed E-state index contributed by atoms with van der Waals surface area (Å²) >= 11 is 0. The first-order chi connectivity index (χ1) is 10.3. The number of urea groups is 1. The van der Waals surface area contributed by atoms with E-state index in [4.69, 9.17) is 0 Å². The van der Waals surface area contributed by atoms with Crippen LogP contribution >= 0.6 is 0 Å². The Balaban J connectivity index is 2.22. The Morgan fingerprint density at radius 3 is 2.23 bits per heavy atom. The van der Waals surface area contributed by atoms with E-state index in [1.54, 1.807) is 0 Å². The van der Waals surface area contributed by atoms with Crippen LogP contribution in [0.25, 0.3) is 0 Å². The fourth-order valence-corrected chi connectivity index (χ4v) is 1.96. The topological polar surface area (TPSA) is 41.1 Å². The number of nitrogens with one attached hydrogen (secondary N) is 2. The van der Waals surface area contributed by atoms with Crippen LogP contribution in [0.2, 0.25) is 0 Å². The van der Waals surface area contributed by atoms with Crippen molar-refractivity contribution >= 4 is 6.03 Å². The van der Waals surface area contributed by atoms with Gasteiger partial charge >= 0.3 is 12.2 Å². The molecule has 3 nitrogen and oxygen atoms in total. The minimum Gasteiger partial charge on any atom is -0.338 e. The number of amides is 2. The second-order valence-electron chi connectivity index (χ2n) is 5.66. The molecule has 6 heteroatoms. The van der Waals surface area contributed by atoms with Crippen LogP contribution in [0.1, 0.15) is 37.8 Å². The molecule has 0 spiro atoms. The van der Waals surface area contributed by atoms with Gasteiger partial charge in [-0.1, -0.05) is 26.0 Å². The normalized spacial score (nSPS) is 11.5. The Bertz CT molecular complexity index is 455. The summed E-state index contributed by atoms with van der Waals surface area (Å²) in [4.78, 5) is 11.5. The van der Waals surface area contributed by atoms with Crippen molar-refractivity contribution in [3.05, 3.63) is 35.4 Å². The predicted molar refractivity (Wildman–Crippen MR) is 80.6 cm³/mol. The minimum atomic E-state index is -4.31. The lowest BCUT2D eigenvalue weighted by atomic mass is 10.1. The number of benzene rings is 1. The van der Waals surface area contributed by atoms with E-state index in [-0.39, 0.29) is 6.03 Å². The summed E-state index contributed by atoms with van der Waals surface area (Å²) in [5, 5.41) is 5.45. The van der Waals surface area contributed by atoms with Crippen LogP contribution in [0.4, 0.5) is 18.0 Å². The highest BCUT2D eigenvalue weighted by Crippen LogP contribution is 2.29. The quantitative estimate of drug-likeness (QED) is 0.734. The summed E-state index contributed by atoms with van der Waals surface area (Å²) in [7, 11) is 0. The van der Waals surface area contributed by atoms with E-state index < -0.39 is 11.7 Å². The summed E-state index contributed by atoms with van der Waals surface area (Å²) in [6, 6.07) is 4.74. The maximum atomic E-state index is 12.4. The molecule has 0 aliphatic carbocycles. The molecule has 1 rings (SSSR count). The van der Waals surface area contributed by atoms with Crippen LogP contribution in [-0.2, 0) is 12.6 Å². The summed E-state index contributed by atoms with van der Waals surface area (Å²) in [6.45, 7) is 5.28. The van der Waals surface area contributed by atoms with Gasteiger partial charge in [-0.2, -0.15) is 13.2 Å². The Hall–Kier alpha value is -1.72. The zero-order chi connectivity index (χ0) is 16.6. The van der Waals surface area contributed by atoms with Crippen molar-refractivity contribution in [2.75, 3.05) is 13.1 Å². The molecule has 22 heavy (non-hydrogen) atoms. The van der Waals surface area contributed by atoms with E-state index in [0.29, 0.717) is 25.4 Å². The lowest BCUT2D eigenvalue weighted by Gasteiger charge is -2.09. The van der Waals surface area contributed by atoms with Crippen molar-refractivity contribution in [3.63, 3.8) is 0 Å². The third-order valence-electron chi connectivity index (χ3n) is 3.22. The van der Waals surface area contributed by atoms with Gasteiger partial charge in [0.05, 0.1) is 5.56 Å². The third-order valence-corrected chi connectivity index (χ3v) is 3.22. The van der Waals surface area contributed by atoms with E-state index in [9.17, 15) is 18.0 Å². The van der Waals surface area contributed by atoms with Gasteiger partial charge in [-0.05, 0) is 42.9 Å². The first kappa shape index (κ1) is 18.3. The molecule has 0 bridgehead atoms. The summed E-state index contributed by atoms with van der Waals surface area (Å²) in [5.41, 5.74) is 0.0974. The van der Waals surface area contributed by atoms with Gasteiger partial charge < -0.3 is 10.6 Å².